The number of anilines is 1. The van der Waals surface area contributed by atoms with Gasteiger partial charge in [-0.05, 0) is 24.6 Å². The van der Waals surface area contributed by atoms with Crippen molar-refractivity contribution in [3.8, 4) is 16.3 Å². The molecule has 0 unspecified atom stereocenters. The molecular weight excluding hydrogens is 274 g/mol. The van der Waals surface area contributed by atoms with Gasteiger partial charge in [0.25, 0.3) is 0 Å². The topological polar surface area (TPSA) is 78.3 Å². The lowest BCUT2D eigenvalue weighted by molar-refractivity contribution is 0.417. The normalized spacial score (nSPS) is 11.1. The molecule has 2 N–H and O–H groups in total. The van der Waals surface area contributed by atoms with Crippen LogP contribution in [-0.2, 0) is 6.42 Å². The zero-order chi connectivity index (χ0) is 14.1. The number of ether oxygens (including phenoxy) is 1. The van der Waals surface area contributed by atoms with Crippen LogP contribution in [0.1, 0.15) is 19.2 Å². The summed E-state index contributed by atoms with van der Waals surface area (Å²) >= 11 is 1.50. The summed E-state index contributed by atoms with van der Waals surface area (Å²) in [6.45, 7) is 2.11. The molecule has 3 aromatic rings. The number of nitrogens with zero attached hydrogens (tertiary/aromatic N) is 4. The fraction of sp³-hybridized carbons (Fsp3) is 0.308. The molecule has 0 amide bonds. The Bertz CT molecular complexity index is 748. The molecule has 6 nitrogen and oxygen atoms in total. The number of hydrogen-bond acceptors (Lipinski definition) is 6. The van der Waals surface area contributed by atoms with Crippen LogP contribution in [0.15, 0.2) is 18.2 Å². The van der Waals surface area contributed by atoms with Crippen molar-refractivity contribution >= 4 is 22.0 Å². The summed E-state index contributed by atoms with van der Waals surface area (Å²) in [7, 11) is 1.60. The fourth-order valence-electron chi connectivity index (χ4n) is 2.02. The molecule has 2 aromatic heterocycles. The van der Waals surface area contributed by atoms with E-state index in [4.69, 9.17) is 10.5 Å². The molecule has 1 aromatic carbocycles. The van der Waals surface area contributed by atoms with Gasteiger partial charge >= 0.3 is 0 Å². The summed E-state index contributed by atoms with van der Waals surface area (Å²) in [5.41, 5.74) is 7.49. The molecule has 3 rings (SSSR count). The Kier molecular flexibility index (Phi) is 3.27. The van der Waals surface area contributed by atoms with Crippen LogP contribution in [0.4, 0.5) is 5.69 Å². The Morgan fingerprint density at radius 2 is 2.20 bits per heavy atom. The number of benzene rings is 1. The third kappa shape index (κ3) is 2.09. The molecule has 0 atom stereocenters. The van der Waals surface area contributed by atoms with E-state index >= 15 is 0 Å². The molecular formula is C13H15N5OS. The molecule has 0 aliphatic heterocycles. The average molecular weight is 289 g/mol. The van der Waals surface area contributed by atoms with Crippen molar-refractivity contribution in [2.75, 3.05) is 12.8 Å². The molecule has 0 bridgehead atoms. The van der Waals surface area contributed by atoms with Crippen LogP contribution in [0.2, 0.25) is 0 Å². The third-order valence-electron chi connectivity index (χ3n) is 3.01. The third-order valence-corrected chi connectivity index (χ3v) is 3.95. The molecule has 0 saturated carbocycles. The Morgan fingerprint density at radius 3 is 2.90 bits per heavy atom. The van der Waals surface area contributed by atoms with Gasteiger partial charge in [0.1, 0.15) is 10.8 Å². The molecule has 0 aliphatic rings. The second-order valence-electron chi connectivity index (χ2n) is 4.42. The van der Waals surface area contributed by atoms with Crippen LogP contribution >= 0.6 is 11.3 Å². The van der Waals surface area contributed by atoms with Gasteiger partial charge in [-0.25, -0.2) is 0 Å². The van der Waals surface area contributed by atoms with E-state index in [2.05, 4.69) is 22.2 Å². The van der Waals surface area contributed by atoms with Crippen molar-refractivity contribution in [1.29, 1.82) is 0 Å². The summed E-state index contributed by atoms with van der Waals surface area (Å²) in [6, 6.07) is 5.66. The van der Waals surface area contributed by atoms with Crippen LogP contribution in [0.5, 0.6) is 5.75 Å². The first-order valence-corrected chi connectivity index (χ1v) is 7.19. The van der Waals surface area contributed by atoms with Gasteiger partial charge in [0.15, 0.2) is 5.82 Å². The lowest BCUT2D eigenvalue weighted by Gasteiger charge is -2.04. The molecule has 0 radical (unpaired) electrons. The van der Waals surface area contributed by atoms with E-state index < -0.39 is 0 Å². The van der Waals surface area contributed by atoms with E-state index in [0.717, 1.165) is 34.2 Å². The number of fused-ring (bicyclic) bond motifs is 1. The maximum absolute atomic E-state index is 5.93. The van der Waals surface area contributed by atoms with Gasteiger partial charge < -0.3 is 10.5 Å². The second kappa shape index (κ2) is 5.09. The minimum absolute atomic E-state index is 0.602. The van der Waals surface area contributed by atoms with Gasteiger partial charge in [-0.2, -0.15) is 9.61 Å². The smallest absolute Gasteiger partial charge is 0.234 e. The maximum atomic E-state index is 5.93. The van der Waals surface area contributed by atoms with Crippen molar-refractivity contribution < 1.29 is 4.74 Å². The zero-order valence-corrected chi connectivity index (χ0v) is 12.1. The van der Waals surface area contributed by atoms with Gasteiger partial charge in [0.05, 0.1) is 12.8 Å². The highest BCUT2D eigenvalue weighted by molar-refractivity contribution is 7.19. The Morgan fingerprint density at radius 1 is 1.35 bits per heavy atom. The van der Waals surface area contributed by atoms with Crippen LogP contribution in [-0.4, -0.2) is 26.9 Å². The SMILES string of the molecule is CCCc1nnc2sc(-c3ccc(OC)c(N)c3)nn12. The van der Waals surface area contributed by atoms with E-state index in [1.54, 1.807) is 7.11 Å². The Balaban J connectivity index is 2.03. The second-order valence-corrected chi connectivity index (χ2v) is 5.38. The van der Waals surface area contributed by atoms with E-state index in [0.29, 0.717) is 11.4 Å². The quantitative estimate of drug-likeness (QED) is 0.746. The molecule has 2 heterocycles. The van der Waals surface area contributed by atoms with Gasteiger partial charge in [-0.15, -0.1) is 10.2 Å². The molecule has 0 fully saturated rings. The molecule has 0 spiro atoms. The molecule has 104 valence electrons. The van der Waals surface area contributed by atoms with Crippen LogP contribution in [0.25, 0.3) is 15.5 Å². The van der Waals surface area contributed by atoms with Crippen molar-refractivity contribution in [2.45, 2.75) is 19.8 Å². The Hall–Kier alpha value is -2.15. The highest BCUT2D eigenvalue weighted by Crippen LogP contribution is 2.31. The highest BCUT2D eigenvalue weighted by Gasteiger charge is 2.13. The van der Waals surface area contributed by atoms with Gasteiger partial charge in [-0.3, -0.25) is 0 Å². The van der Waals surface area contributed by atoms with E-state index in [-0.39, 0.29) is 0 Å². The molecule has 7 heteroatoms. The Labute approximate surface area is 120 Å². The number of nitrogens with two attached hydrogens (primary N) is 1. The molecule has 0 aliphatic carbocycles. The van der Waals surface area contributed by atoms with Gasteiger partial charge in [0, 0.05) is 12.0 Å². The lowest BCUT2D eigenvalue weighted by Crippen LogP contribution is -1.96. The van der Waals surface area contributed by atoms with Gasteiger partial charge in [0.2, 0.25) is 4.96 Å². The van der Waals surface area contributed by atoms with Crippen molar-refractivity contribution in [3.63, 3.8) is 0 Å². The minimum Gasteiger partial charge on any atom is -0.495 e. The monoisotopic (exact) mass is 289 g/mol. The van der Waals surface area contributed by atoms with Crippen molar-refractivity contribution in [2.24, 2.45) is 0 Å². The van der Waals surface area contributed by atoms with Crippen LogP contribution in [0, 0.1) is 0 Å². The van der Waals surface area contributed by atoms with Crippen LogP contribution < -0.4 is 10.5 Å². The zero-order valence-electron chi connectivity index (χ0n) is 11.3. The highest BCUT2D eigenvalue weighted by atomic mass is 32.1. The van der Waals surface area contributed by atoms with E-state index in [1.165, 1.54) is 11.3 Å². The summed E-state index contributed by atoms with van der Waals surface area (Å²) in [5, 5.41) is 13.7. The number of hydrogen-bond donors (Lipinski definition) is 1. The number of aryl methyl sites for hydroxylation is 1. The number of methoxy groups -OCH3 is 1. The predicted molar refractivity (Wildman–Crippen MR) is 79.1 cm³/mol. The van der Waals surface area contributed by atoms with Crippen molar-refractivity contribution in [3.05, 3.63) is 24.0 Å². The number of aromatic nitrogens is 4. The summed E-state index contributed by atoms with van der Waals surface area (Å²) in [5.74, 6) is 1.56. The lowest BCUT2D eigenvalue weighted by atomic mass is 10.2. The summed E-state index contributed by atoms with van der Waals surface area (Å²) in [6.07, 6.45) is 1.89. The number of nitrogen functional groups attached to an aromatic ring is 1. The predicted octanol–water partition coefficient (Wildman–Crippen LogP) is 2.40. The van der Waals surface area contributed by atoms with Gasteiger partial charge in [-0.1, -0.05) is 18.3 Å². The first-order chi connectivity index (χ1) is 9.72. The summed E-state index contributed by atoms with van der Waals surface area (Å²) < 4.78 is 6.97. The average Bonchev–Trinajstić information content (AvgIpc) is 3.01. The minimum atomic E-state index is 0.602. The number of rotatable bonds is 4. The summed E-state index contributed by atoms with van der Waals surface area (Å²) in [4.78, 5) is 0.804. The van der Waals surface area contributed by atoms with Crippen molar-refractivity contribution in [1.82, 2.24) is 19.8 Å². The molecule has 0 saturated heterocycles. The largest absolute Gasteiger partial charge is 0.495 e. The van der Waals surface area contributed by atoms with E-state index in [1.807, 2.05) is 22.7 Å². The standard InChI is InChI=1S/C13H15N5OS/c1-3-4-11-15-16-13-18(11)17-12(20-13)8-5-6-10(19-2)9(14)7-8/h5-7H,3-4,14H2,1-2H3. The maximum Gasteiger partial charge on any atom is 0.234 e. The fourth-order valence-corrected chi connectivity index (χ4v) is 2.88. The van der Waals surface area contributed by atoms with E-state index in [9.17, 15) is 0 Å². The first-order valence-electron chi connectivity index (χ1n) is 6.38. The van der Waals surface area contributed by atoms with Crippen LogP contribution in [0.3, 0.4) is 0 Å². The first kappa shape index (κ1) is 12.9. The molecule has 20 heavy (non-hydrogen) atoms.